The third-order valence-electron chi connectivity index (χ3n) is 3.26. The van der Waals surface area contributed by atoms with Crippen LogP contribution in [0.25, 0.3) is 0 Å². The lowest BCUT2D eigenvalue weighted by molar-refractivity contribution is -0.148. The molecule has 1 unspecified atom stereocenters. The van der Waals surface area contributed by atoms with E-state index >= 15 is 0 Å². The van der Waals surface area contributed by atoms with Crippen molar-refractivity contribution in [1.29, 1.82) is 0 Å². The second kappa shape index (κ2) is 9.30. The molecule has 0 aliphatic carbocycles. The van der Waals surface area contributed by atoms with E-state index in [0.717, 1.165) is 25.9 Å². The van der Waals surface area contributed by atoms with E-state index in [0.29, 0.717) is 19.3 Å². The molecule has 1 rings (SSSR count). The highest BCUT2D eigenvalue weighted by Crippen LogP contribution is 2.18. The van der Waals surface area contributed by atoms with Gasteiger partial charge in [-0.1, -0.05) is 6.42 Å². The van der Waals surface area contributed by atoms with Crippen LogP contribution in [0.15, 0.2) is 0 Å². The van der Waals surface area contributed by atoms with Gasteiger partial charge in [-0.05, 0) is 32.7 Å². The van der Waals surface area contributed by atoms with Crippen LogP contribution in [0.5, 0.6) is 0 Å². The molecular formula is C13H25NO4. The van der Waals surface area contributed by atoms with Crippen molar-refractivity contribution in [2.24, 2.45) is 0 Å². The normalized spacial score (nSPS) is 20.9. The van der Waals surface area contributed by atoms with Crippen LogP contribution in [-0.2, 0) is 14.3 Å². The highest BCUT2D eigenvalue weighted by Gasteiger charge is 2.21. The molecule has 1 N–H and O–H groups in total. The number of aliphatic hydroxyl groups excluding tert-OH is 1. The Morgan fingerprint density at radius 3 is 3.00 bits per heavy atom. The number of ether oxygens (including phenoxy) is 2. The molecular weight excluding hydrogens is 234 g/mol. The topological polar surface area (TPSA) is 59.0 Å². The first-order valence-corrected chi connectivity index (χ1v) is 6.86. The number of carbonyl (C=O) groups excluding carboxylic acids is 1. The molecule has 0 aromatic carbocycles. The van der Waals surface area contributed by atoms with Gasteiger partial charge >= 0.3 is 5.97 Å². The summed E-state index contributed by atoms with van der Waals surface area (Å²) in [5.74, 6) is -0.303. The van der Waals surface area contributed by atoms with E-state index < -0.39 is 0 Å². The Balaban J connectivity index is 2.14. The maximum atomic E-state index is 11.1. The zero-order valence-corrected chi connectivity index (χ0v) is 11.3. The molecule has 0 amide bonds. The summed E-state index contributed by atoms with van der Waals surface area (Å²) in [6.07, 6.45) is 4.43. The quantitative estimate of drug-likeness (QED) is 0.516. The molecule has 0 aromatic rings. The lowest BCUT2D eigenvalue weighted by Crippen LogP contribution is -2.42. The van der Waals surface area contributed by atoms with Crippen LogP contribution in [0.2, 0.25) is 0 Å². The molecule has 1 aliphatic rings. The van der Waals surface area contributed by atoms with Crippen LogP contribution in [0, 0.1) is 0 Å². The Kier molecular flexibility index (Phi) is 7.96. The Bertz CT molecular complexity index is 233. The van der Waals surface area contributed by atoms with Crippen molar-refractivity contribution in [2.45, 2.75) is 38.6 Å². The predicted molar refractivity (Wildman–Crippen MR) is 68.4 cm³/mol. The molecule has 5 nitrogen and oxygen atoms in total. The summed E-state index contributed by atoms with van der Waals surface area (Å²) in [6, 6.07) is 0.468. The van der Waals surface area contributed by atoms with Crippen LogP contribution >= 0.6 is 0 Å². The van der Waals surface area contributed by atoms with E-state index in [9.17, 15) is 4.79 Å². The lowest BCUT2D eigenvalue weighted by atomic mass is 10.00. The van der Waals surface area contributed by atoms with Gasteiger partial charge in [0, 0.05) is 19.2 Å². The molecule has 0 radical (unpaired) electrons. The number of carbonyl (C=O) groups is 1. The Labute approximate surface area is 109 Å². The Morgan fingerprint density at radius 1 is 1.44 bits per heavy atom. The van der Waals surface area contributed by atoms with Gasteiger partial charge in [-0.25, -0.2) is 4.79 Å². The van der Waals surface area contributed by atoms with Crippen LogP contribution in [0.3, 0.4) is 0 Å². The minimum atomic E-state index is -0.303. The summed E-state index contributed by atoms with van der Waals surface area (Å²) in [4.78, 5) is 13.4. The standard InChI is InChI=1S/C13H25NO4/c1-2-18-13(16)11-17-10-8-14-7-4-3-5-12(14)6-9-15/h12,15H,2-11H2,1H3. The number of piperidine rings is 1. The smallest absolute Gasteiger partial charge is 0.332 e. The third-order valence-corrected chi connectivity index (χ3v) is 3.26. The number of aliphatic hydroxyl groups is 1. The van der Waals surface area contributed by atoms with Gasteiger partial charge in [0.1, 0.15) is 6.61 Å². The fourth-order valence-corrected chi connectivity index (χ4v) is 2.37. The van der Waals surface area contributed by atoms with Gasteiger partial charge in [0.05, 0.1) is 13.2 Å². The van der Waals surface area contributed by atoms with Crippen LogP contribution in [-0.4, -0.2) is 61.5 Å². The molecule has 1 saturated heterocycles. The monoisotopic (exact) mass is 259 g/mol. The van der Waals surface area contributed by atoms with E-state index in [1.165, 1.54) is 12.8 Å². The van der Waals surface area contributed by atoms with Gasteiger partial charge in [0.25, 0.3) is 0 Å². The molecule has 106 valence electrons. The predicted octanol–water partition coefficient (Wildman–Crippen LogP) is 0.803. The van der Waals surface area contributed by atoms with Crippen molar-refractivity contribution in [1.82, 2.24) is 4.90 Å². The first-order chi connectivity index (χ1) is 8.77. The van der Waals surface area contributed by atoms with Gasteiger partial charge in [0.2, 0.25) is 0 Å². The van der Waals surface area contributed by atoms with Gasteiger partial charge in [-0.2, -0.15) is 0 Å². The Hall–Kier alpha value is -0.650. The summed E-state index contributed by atoms with van der Waals surface area (Å²) in [5.41, 5.74) is 0. The molecule has 5 heteroatoms. The summed E-state index contributed by atoms with van der Waals surface area (Å²) in [5, 5.41) is 9.02. The molecule has 1 atom stereocenters. The van der Waals surface area contributed by atoms with Crippen molar-refractivity contribution < 1.29 is 19.4 Å². The summed E-state index contributed by atoms with van der Waals surface area (Å²) < 4.78 is 10.1. The van der Waals surface area contributed by atoms with Gasteiger partial charge in [-0.3, -0.25) is 4.90 Å². The number of esters is 1. The van der Waals surface area contributed by atoms with E-state index in [2.05, 4.69) is 4.90 Å². The Morgan fingerprint density at radius 2 is 2.28 bits per heavy atom. The third kappa shape index (κ3) is 5.80. The van der Waals surface area contributed by atoms with Gasteiger partial charge < -0.3 is 14.6 Å². The molecule has 1 heterocycles. The lowest BCUT2D eigenvalue weighted by Gasteiger charge is -2.35. The van der Waals surface area contributed by atoms with E-state index in [1.54, 1.807) is 6.92 Å². The first kappa shape index (κ1) is 15.4. The van der Waals surface area contributed by atoms with Crippen molar-refractivity contribution in [3.05, 3.63) is 0 Å². The van der Waals surface area contributed by atoms with Crippen LogP contribution in [0.4, 0.5) is 0 Å². The van der Waals surface area contributed by atoms with Crippen LogP contribution < -0.4 is 0 Å². The highest BCUT2D eigenvalue weighted by atomic mass is 16.6. The molecule has 0 saturated carbocycles. The van der Waals surface area contributed by atoms with E-state index in [4.69, 9.17) is 14.6 Å². The minimum absolute atomic E-state index is 0.0341. The second-order valence-corrected chi connectivity index (χ2v) is 4.56. The second-order valence-electron chi connectivity index (χ2n) is 4.56. The maximum Gasteiger partial charge on any atom is 0.332 e. The number of hydrogen-bond donors (Lipinski definition) is 1. The summed E-state index contributed by atoms with van der Waals surface area (Å²) in [6.45, 7) is 4.88. The molecule has 18 heavy (non-hydrogen) atoms. The average Bonchev–Trinajstić information content (AvgIpc) is 2.37. The largest absolute Gasteiger partial charge is 0.464 e. The zero-order valence-electron chi connectivity index (χ0n) is 11.3. The maximum absolute atomic E-state index is 11.1. The molecule has 0 spiro atoms. The minimum Gasteiger partial charge on any atom is -0.464 e. The molecule has 0 aromatic heterocycles. The van der Waals surface area contributed by atoms with E-state index in [-0.39, 0.29) is 19.2 Å². The fraction of sp³-hybridized carbons (Fsp3) is 0.923. The van der Waals surface area contributed by atoms with Crippen LogP contribution in [0.1, 0.15) is 32.6 Å². The van der Waals surface area contributed by atoms with Crippen molar-refractivity contribution in [3.8, 4) is 0 Å². The SMILES string of the molecule is CCOC(=O)COCCN1CCCCC1CCO. The molecule has 1 fully saturated rings. The molecule has 0 bridgehead atoms. The fourth-order valence-electron chi connectivity index (χ4n) is 2.37. The summed E-state index contributed by atoms with van der Waals surface area (Å²) >= 11 is 0. The number of likely N-dealkylation sites (tertiary alicyclic amines) is 1. The van der Waals surface area contributed by atoms with Gasteiger partial charge in [-0.15, -0.1) is 0 Å². The van der Waals surface area contributed by atoms with Gasteiger partial charge in [0.15, 0.2) is 0 Å². The number of nitrogens with zero attached hydrogens (tertiary/aromatic N) is 1. The summed E-state index contributed by atoms with van der Waals surface area (Å²) in [7, 11) is 0. The van der Waals surface area contributed by atoms with Crippen molar-refractivity contribution in [2.75, 3.05) is 39.5 Å². The first-order valence-electron chi connectivity index (χ1n) is 6.86. The highest BCUT2D eigenvalue weighted by molar-refractivity contribution is 5.70. The van der Waals surface area contributed by atoms with Crippen molar-refractivity contribution in [3.63, 3.8) is 0 Å². The average molecular weight is 259 g/mol. The molecule has 1 aliphatic heterocycles. The number of rotatable bonds is 8. The van der Waals surface area contributed by atoms with E-state index in [1.807, 2.05) is 0 Å². The zero-order chi connectivity index (χ0) is 13.2. The van der Waals surface area contributed by atoms with Crippen molar-refractivity contribution >= 4 is 5.97 Å². The number of hydrogen-bond acceptors (Lipinski definition) is 5.